The summed E-state index contributed by atoms with van der Waals surface area (Å²) in [5.74, 6) is -5.20. The number of aliphatic carboxylic acids is 4. The highest BCUT2D eigenvalue weighted by Gasteiger charge is 2.24. The third-order valence-electron chi connectivity index (χ3n) is 5.23. The molecule has 1 aliphatic heterocycles. The number of anilines is 1. The molecule has 0 aromatic carbocycles. The van der Waals surface area contributed by atoms with Crippen molar-refractivity contribution in [2.24, 2.45) is 7.05 Å². The molecule has 0 aliphatic carbocycles. The van der Waals surface area contributed by atoms with Crippen molar-refractivity contribution in [1.82, 2.24) is 19.1 Å². The molecule has 218 valence electrons. The van der Waals surface area contributed by atoms with Gasteiger partial charge in [0.2, 0.25) is 5.95 Å². The molecule has 2 unspecified atom stereocenters. The van der Waals surface area contributed by atoms with Crippen LogP contribution in [0.25, 0.3) is 11.2 Å². The number of aromatic amines is 1. The minimum atomic E-state index is -1.90. The SMILES string of the molecule is CC(C)n1c(N2CC[NH2+]CC2)nc2c1c(=O)[nH]c(=O)n2C.O=C(O)CC(O)C(=O)O.O=C(O)CC(O)C(=O)[O-]. The van der Waals surface area contributed by atoms with Gasteiger partial charge in [0.1, 0.15) is 6.10 Å². The third kappa shape index (κ3) is 9.51. The fourth-order valence-electron chi connectivity index (χ4n) is 3.35. The van der Waals surface area contributed by atoms with E-state index in [1.54, 1.807) is 7.05 Å². The van der Waals surface area contributed by atoms with Crippen LogP contribution in [0.2, 0.25) is 0 Å². The predicted molar refractivity (Wildman–Crippen MR) is 129 cm³/mol. The Bertz CT molecular complexity index is 1260. The highest BCUT2D eigenvalue weighted by Crippen LogP contribution is 2.23. The molecule has 1 saturated heterocycles. The van der Waals surface area contributed by atoms with Crippen molar-refractivity contribution >= 4 is 41.0 Å². The first-order valence-corrected chi connectivity index (χ1v) is 11.6. The average molecular weight is 561 g/mol. The first-order chi connectivity index (χ1) is 18.1. The van der Waals surface area contributed by atoms with Gasteiger partial charge in [-0.05, 0) is 13.8 Å². The van der Waals surface area contributed by atoms with Gasteiger partial charge in [0.15, 0.2) is 17.3 Å². The second-order valence-corrected chi connectivity index (χ2v) is 8.60. The molecular weight excluding hydrogens is 528 g/mol. The van der Waals surface area contributed by atoms with Gasteiger partial charge in [-0.25, -0.2) is 9.59 Å². The van der Waals surface area contributed by atoms with Crippen molar-refractivity contribution in [3.63, 3.8) is 0 Å². The van der Waals surface area contributed by atoms with Crippen molar-refractivity contribution in [3.8, 4) is 0 Å². The number of aromatic nitrogens is 4. The van der Waals surface area contributed by atoms with E-state index in [9.17, 15) is 33.9 Å². The summed E-state index contributed by atoms with van der Waals surface area (Å²) in [6, 6.07) is 0.0921. The molecule has 1 fully saturated rings. The maximum absolute atomic E-state index is 12.2. The molecule has 2 aromatic rings. The highest BCUT2D eigenvalue weighted by molar-refractivity contribution is 5.79. The zero-order valence-corrected chi connectivity index (χ0v) is 21.4. The highest BCUT2D eigenvalue weighted by atomic mass is 16.4. The number of nitrogens with one attached hydrogen (secondary N) is 1. The van der Waals surface area contributed by atoms with E-state index in [0.717, 1.165) is 32.1 Å². The monoisotopic (exact) mass is 560 g/mol. The normalized spacial score (nSPS) is 14.5. The number of fused-ring (bicyclic) bond motifs is 1. The lowest BCUT2D eigenvalue weighted by molar-refractivity contribution is -0.655. The molecule has 3 heterocycles. The van der Waals surface area contributed by atoms with Crippen LogP contribution in [0.1, 0.15) is 32.7 Å². The standard InChI is InChI=1S/C13H20N6O2.2C4H6O5/c1-8(2)19-9-10(17(3)13(21)16-11(9)20)15-12(19)18-6-4-14-5-7-18;2*5-2(4(8)9)1-3(6)7/h8,14H,4-7H2,1-3H3,(H,16,20,21);2*2,5H,1H2,(H,6,7)(H,8,9). The zero-order chi connectivity index (χ0) is 30.0. The molecule has 39 heavy (non-hydrogen) atoms. The van der Waals surface area contributed by atoms with Gasteiger partial charge in [-0.1, -0.05) is 0 Å². The van der Waals surface area contributed by atoms with Gasteiger partial charge in [-0.2, -0.15) is 4.98 Å². The minimum Gasteiger partial charge on any atom is -0.547 e. The molecule has 0 spiro atoms. The van der Waals surface area contributed by atoms with Crippen molar-refractivity contribution in [2.45, 2.75) is 44.9 Å². The summed E-state index contributed by atoms with van der Waals surface area (Å²) in [7, 11) is 1.63. The number of nitrogens with two attached hydrogens (primary N) is 1. The molecule has 2 aromatic heterocycles. The third-order valence-corrected chi connectivity index (χ3v) is 5.23. The molecule has 0 saturated carbocycles. The van der Waals surface area contributed by atoms with E-state index in [-0.39, 0.29) is 11.6 Å². The summed E-state index contributed by atoms with van der Waals surface area (Å²) in [5.41, 5.74) is 0.113. The van der Waals surface area contributed by atoms with Crippen LogP contribution in [0, 0.1) is 0 Å². The fourth-order valence-corrected chi connectivity index (χ4v) is 3.35. The number of carboxylic acids is 4. The first kappa shape index (κ1) is 32.7. The van der Waals surface area contributed by atoms with Crippen LogP contribution in [0.3, 0.4) is 0 Å². The number of quaternary nitrogens is 1. The quantitative estimate of drug-likeness (QED) is 0.159. The molecule has 18 nitrogen and oxygen atoms in total. The lowest BCUT2D eigenvalue weighted by Crippen LogP contribution is -2.89. The molecule has 0 radical (unpaired) electrons. The zero-order valence-electron chi connectivity index (χ0n) is 21.4. The number of piperazine rings is 1. The Morgan fingerprint density at radius 2 is 1.51 bits per heavy atom. The number of aliphatic hydroxyl groups is 2. The van der Waals surface area contributed by atoms with E-state index in [1.807, 2.05) is 18.4 Å². The van der Waals surface area contributed by atoms with Crippen molar-refractivity contribution < 1.29 is 55.1 Å². The number of carbonyl (C=O) groups excluding carboxylic acids is 1. The number of carbonyl (C=O) groups is 4. The summed E-state index contributed by atoms with van der Waals surface area (Å²) < 4.78 is 3.33. The van der Waals surface area contributed by atoms with E-state index in [0.29, 0.717) is 11.2 Å². The number of H-pyrrole nitrogens is 1. The summed E-state index contributed by atoms with van der Waals surface area (Å²) in [6.07, 6.45) is -5.26. The number of carboxylic acid groups (broad SMARTS) is 4. The first-order valence-electron chi connectivity index (χ1n) is 11.6. The number of aryl methyl sites for hydroxylation is 1. The minimum absolute atomic E-state index is 0.0921. The number of nitrogens with zero attached hydrogens (tertiary/aromatic N) is 4. The van der Waals surface area contributed by atoms with Crippen molar-refractivity contribution in [3.05, 3.63) is 20.8 Å². The Balaban J connectivity index is 0.000000353. The molecule has 0 amide bonds. The average Bonchev–Trinajstić information content (AvgIpc) is 3.25. The second kappa shape index (κ2) is 14.6. The van der Waals surface area contributed by atoms with Crippen LogP contribution < -0.4 is 26.6 Å². The maximum Gasteiger partial charge on any atom is 0.333 e. The van der Waals surface area contributed by atoms with Crippen LogP contribution >= 0.6 is 0 Å². The topological polar surface area (TPSA) is 285 Å². The van der Waals surface area contributed by atoms with Crippen LogP contribution in [-0.2, 0) is 26.2 Å². The van der Waals surface area contributed by atoms with E-state index in [2.05, 4.69) is 20.2 Å². The van der Waals surface area contributed by atoms with Crippen LogP contribution in [0.15, 0.2) is 9.59 Å². The lowest BCUT2D eigenvalue weighted by Gasteiger charge is -2.27. The van der Waals surface area contributed by atoms with E-state index in [4.69, 9.17) is 25.5 Å². The molecule has 3 rings (SSSR count). The van der Waals surface area contributed by atoms with Gasteiger partial charge in [-0.3, -0.25) is 23.9 Å². The Morgan fingerprint density at radius 3 is 1.90 bits per heavy atom. The Kier molecular flexibility index (Phi) is 12.3. The number of aliphatic hydroxyl groups excluding tert-OH is 2. The van der Waals surface area contributed by atoms with E-state index in [1.165, 1.54) is 4.57 Å². The summed E-state index contributed by atoms with van der Waals surface area (Å²) in [5, 5.41) is 52.2. The summed E-state index contributed by atoms with van der Waals surface area (Å²) >= 11 is 0. The second-order valence-electron chi connectivity index (χ2n) is 8.60. The van der Waals surface area contributed by atoms with Gasteiger partial charge in [0, 0.05) is 13.1 Å². The number of hydrogen-bond acceptors (Lipinski definition) is 11. The fraction of sp³-hybridized carbons (Fsp3) is 0.571. The largest absolute Gasteiger partial charge is 0.547 e. The molecule has 8 N–H and O–H groups in total. The van der Waals surface area contributed by atoms with Crippen LogP contribution in [-0.4, -0.2) is 107 Å². The van der Waals surface area contributed by atoms with E-state index >= 15 is 0 Å². The summed E-state index contributed by atoms with van der Waals surface area (Å²) in [6.45, 7) is 7.84. The maximum atomic E-state index is 12.2. The van der Waals surface area contributed by atoms with Crippen molar-refractivity contribution in [1.29, 1.82) is 0 Å². The molecule has 0 bridgehead atoms. The van der Waals surface area contributed by atoms with Gasteiger partial charge < -0.3 is 50.2 Å². The van der Waals surface area contributed by atoms with Crippen LogP contribution in [0.5, 0.6) is 0 Å². The molecule has 1 aliphatic rings. The smallest absolute Gasteiger partial charge is 0.333 e. The Morgan fingerprint density at radius 1 is 1.00 bits per heavy atom. The van der Waals surface area contributed by atoms with E-state index < -0.39 is 54.6 Å². The van der Waals surface area contributed by atoms with Gasteiger partial charge in [0.05, 0.1) is 45.0 Å². The van der Waals surface area contributed by atoms with Gasteiger partial charge >= 0.3 is 23.6 Å². The number of hydrogen-bond donors (Lipinski definition) is 7. The molecule has 18 heteroatoms. The van der Waals surface area contributed by atoms with Crippen molar-refractivity contribution in [2.75, 3.05) is 31.1 Å². The Labute approximate surface area is 219 Å². The predicted octanol–water partition coefficient (Wildman–Crippen LogP) is -5.13. The van der Waals surface area contributed by atoms with Gasteiger partial charge in [0.25, 0.3) is 5.56 Å². The van der Waals surface area contributed by atoms with Gasteiger partial charge in [-0.15, -0.1) is 0 Å². The number of imidazole rings is 1. The summed E-state index contributed by atoms with van der Waals surface area (Å²) in [4.78, 5) is 71.8. The number of rotatable bonds is 8. The molecular formula is C21H32N6O12. The Hall–Kier alpha value is -4.29. The molecule has 2 atom stereocenters. The lowest BCUT2D eigenvalue weighted by atomic mass is 10.3. The van der Waals surface area contributed by atoms with Crippen LogP contribution in [0.4, 0.5) is 5.95 Å².